The van der Waals surface area contributed by atoms with Gasteiger partial charge < -0.3 is 20.4 Å². The molecule has 2 aromatic rings. The maximum absolute atomic E-state index is 15.3. The smallest absolute Gasteiger partial charge is 0.327 e. The van der Waals surface area contributed by atoms with Gasteiger partial charge in [-0.3, -0.25) is 9.69 Å². The Hall–Kier alpha value is -3.85. The first kappa shape index (κ1) is 27.3. The van der Waals surface area contributed by atoms with Gasteiger partial charge in [0.25, 0.3) is 5.92 Å². The van der Waals surface area contributed by atoms with Gasteiger partial charge in [0.15, 0.2) is 0 Å². The highest BCUT2D eigenvalue weighted by Crippen LogP contribution is 2.46. The van der Waals surface area contributed by atoms with Crippen molar-refractivity contribution in [3.63, 3.8) is 0 Å². The molecule has 10 nitrogen and oxygen atoms in total. The molecule has 216 valence electrons. The van der Waals surface area contributed by atoms with Gasteiger partial charge in [0, 0.05) is 37.7 Å². The van der Waals surface area contributed by atoms with Crippen LogP contribution in [0.5, 0.6) is 0 Å². The standard InChI is InChI=1S/C29H34F2N8O2/c1-19-21-4-2-5-22(12-21)29(30,31)7-6-20-13-37(14-20)11-3-10-33-24(40)16-38-26-23(25(36-19)34-18-35-26)15-39(27(38)41)28(17-32)8-9-28/h2,4-5,12,18-20H,3,6-11,13-16H2,1H3,(H,33,40)(H,34,35,36)/t19-/m1/s1. The molecule has 2 N–H and O–H groups in total. The molecule has 1 aliphatic carbocycles. The number of halogens is 2. The number of anilines is 2. The third-order valence-electron chi connectivity index (χ3n) is 8.74. The summed E-state index contributed by atoms with van der Waals surface area (Å²) in [5, 5.41) is 16.1. The minimum atomic E-state index is -2.94. The number of carbonyl (C=O) groups is 2. The second-order valence-electron chi connectivity index (χ2n) is 11.7. The number of alkyl halides is 2. The van der Waals surface area contributed by atoms with Gasteiger partial charge >= 0.3 is 6.03 Å². The zero-order chi connectivity index (χ0) is 28.8. The minimum absolute atomic E-state index is 0.00679. The van der Waals surface area contributed by atoms with Crippen LogP contribution < -0.4 is 15.5 Å². The van der Waals surface area contributed by atoms with Crippen molar-refractivity contribution in [1.82, 2.24) is 25.1 Å². The third kappa shape index (κ3) is 5.30. The number of benzene rings is 1. The molecule has 0 unspecified atom stereocenters. The normalized spacial score (nSPS) is 27.3. The number of aromatic nitrogens is 2. The molecule has 8 bridgehead atoms. The number of nitrogens with one attached hydrogen (secondary N) is 2. The third-order valence-corrected chi connectivity index (χ3v) is 8.74. The van der Waals surface area contributed by atoms with E-state index in [9.17, 15) is 14.9 Å². The van der Waals surface area contributed by atoms with Crippen molar-refractivity contribution < 1.29 is 18.4 Å². The van der Waals surface area contributed by atoms with Crippen molar-refractivity contribution in [2.45, 2.75) is 63.1 Å². The number of nitriles is 1. The second-order valence-corrected chi connectivity index (χ2v) is 11.7. The highest BCUT2D eigenvalue weighted by molar-refractivity contribution is 6.00. The maximum atomic E-state index is 15.3. The highest BCUT2D eigenvalue weighted by Gasteiger charge is 2.54. The van der Waals surface area contributed by atoms with Gasteiger partial charge in [0.05, 0.1) is 18.2 Å². The number of urea groups is 1. The van der Waals surface area contributed by atoms with E-state index in [4.69, 9.17) is 0 Å². The van der Waals surface area contributed by atoms with Crippen molar-refractivity contribution in [2.24, 2.45) is 5.92 Å². The number of fused-ring (bicyclic) bond motifs is 8. The quantitative estimate of drug-likeness (QED) is 0.542. The van der Waals surface area contributed by atoms with Crippen LogP contribution in [0.3, 0.4) is 0 Å². The van der Waals surface area contributed by atoms with Crippen LogP contribution in [0.25, 0.3) is 0 Å². The van der Waals surface area contributed by atoms with Gasteiger partial charge in [-0.1, -0.05) is 18.2 Å². The molecular weight excluding hydrogens is 530 g/mol. The van der Waals surface area contributed by atoms with E-state index in [1.807, 2.05) is 6.92 Å². The maximum Gasteiger partial charge on any atom is 0.327 e. The Morgan fingerprint density at radius 1 is 1.12 bits per heavy atom. The first-order chi connectivity index (χ1) is 19.7. The van der Waals surface area contributed by atoms with E-state index >= 15 is 8.78 Å². The van der Waals surface area contributed by atoms with Crippen LogP contribution in [-0.2, 0) is 17.3 Å². The topological polar surface area (TPSA) is 117 Å². The lowest BCUT2D eigenvalue weighted by molar-refractivity contribution is -0.119. The Balaban J connectivity index is 1.34. The van der Waals surface area contributed by atoms with E-state index in [2.05, 4.69) is 31.6 Å². The molecule has 1 saturated heterocycles. The van der Waals surface area contributed by atoms with Crippen LogP contribution in [0.1, 0.15) is 61.8 Å². The van der Waals surface area contributed by atoms with Crippen LogP contribution in [0, 0.1) is 17.2 Å². The fourth-order valence-electron chi connectivity index (χ4n) is 6.03. The summed E-state index contributed by atoms with van der Waals surface area (Å²) in [7, 11) is 0. The molecule has 1 aromatic heterocycles. The average molecular weight is 565 g/mol. The number of carbonyl (C=O) groups excluding carboxylic acids is 2. The molecule has 1 atom stereocenters. The lowest BCUT2D eigenvalue weighted by Crippen LogP contribution is -2.55. The number of hydrogen-bond acceptors (Lipinski definition) is 7. The first-order valence-electron chi connectivity index (χ1n) is 14.3. The molecule has 5 aliphatic rings. The molecule has 4 aliphatic heterocycles. The summed E-state index contributed by atoms with van der Waals surface area (Å²) in [6, 6.07) is 7.91. The van der Waals surface area contributed by atoms with Crippen molar-refractivity contribution in [3.8, 4) is 6.07 Å². The predicted octanol–water partition coefficient (Wildman–Crippen LogP) is 3.77. The number of hydrogen-bond donors (Lipinski definition) is 2. The molecule has 1 aromatic carbocycles. The average Bonchev–Trinajstić information content (AvgIpc) is 3.74. The number of rotatable bonds is 1. The van der Waals surface area contributed by atoms with Crippen molar-refractivity contribution in [3.05, 3.63) is 47.3 Å². The number of amides is 3. The van der Waals surface area contributed by atoms with E-state index in [0.29, 0.717) is 55.0 Å². The SMILES string of the molecule is C[C@H]1Nc2ncnc3c2CN(C2(C#N)CC2)C(=O)N3CC(=O)NCCCN2CC(CCC(F)(F)c3cccc1c3)C2. The minimum Gasteiger partial charge on any atom is -0.363 e. The molecule has 7 rings (SSSR count). The van der Waals surface area contributed by atoms with Crippen LogP contribution in [0.4, 0.5) is 25.2 Å². The number of nitrogens with zero attached hydrogens (tertiary/aromatic N) is 6. The van der Waals surface area contributed by atoms with Crippen molar-refractivity contribution in [1.29, 1.82) is 5.26 Å². The van der Waals surface area contributed by atoms with Gasteiger partial charge in [0.1, 0.15) is 30.0 Å². The Bertz CT molecular complexity index is 1390. The van der Waals surface area contributed by atoms with Gasteiger partial charge in [-0.15, -0.1) is 0 Å². The van der Waals surface area contributed by atoms with Crippen molar-refractivity contribution in [2.75, 3.05) is 42.9 Å². The molecule has 1 saturated carbocycles. The van der Waals surface area contributed by atoms with Crippen molar-refractivity contribution >= 4 is 23.6 Å². The zero-order valence-electron chi connectivity index (χ0n) is 23.1. The lowest BCUT2D eigenvalue weighted by Gasteiger charge is -2.40. The van der Waals surface area contributed by atoms with E-state index in [1.54, 1.807) is 18.2 Å². The van der Waals surface area contributed by atoms with Crippen LogP contribution in [0.2, 0.25) is 0 Å². The molecule has 12 heteroatoms. The molecule has 3 amide bonds. The van der Waals surface area contributed by atoms with Crippen LogP contribution in [-0.4, -0.2) is 70.0 Å². The van der Waals surface area contributed by atoms with E-state index in [1.165, 1.54) is 22.2 Å². The van der Waals surface area contributed by atoms with E-state index in [0.717, 1.165) is 19.6 Å². The Morgan fingerprint density at radius 2 is 1.93 bits per heavy atom. The van der Waals surface area contributed by atoms with Gasteiger partial charge in [-0.2, -0.15) is 5.26 Å². The van der Waals surface area contributed by atoms with Gasteiger partial charge in [0.2, 0.25) is 5.91 Å². The summed E-state index contributed by atoms with van der Waals surface area (Å²) in [6.45, 7) is 4.48. The first-order valence-corrected chi connectivity index (χ1v) is 14.3. The Labute approximate surface area is 237 Å². The Kier molecular flexibility index (Phi) is 7.01. The summed E-state index contributed by atoms with van der Waals surface area (Å²) < 4.78 is 30.5. The lowest BCUT2D eigenvalue weighted by atomic mass is 9.90. The van der Waals surface area contributed by atoms with Gasteiger partial charge in [-0.05, 0) is 56.7 Å². The zero-order valence-corrected chi connectivity index (χ0v) is 23.1. The largest absolute Gasteiger partial charge is 0.363 e. The monoisotopic (exact) mass is 564 g/mol. The fourth-order valence-corrected chi connectivity index (χ4v) is 6.03. The van der Waals surface area contributed by atoms with Gasteiger partial charge in [-0.25, -0.2) is 23.5 Å². The van der Waals surface area contributed by atoms with Crippen LogP contribution in [0.15, 0.2) is 30.6 Å². The molecule has 41 heavy (non-hydrogen) atoms. The summed E-state index contributed by atoms with van der Waals surface area (Å²) in [5.74, 6) is -2.29. The summed E-state index contributed by atoms with van der Waals surface area (Å²) in [5.41, 5.74) is 0.315. The second kappa shape index (κ2) is 10.5. The van der Waals surface area contributed by atoms with E-state index in [-0.39, 0.29) is 36.9 Å². The summed E-state index contributed by atoms with van der Waals surface area (Å²) in [6.07, 6.45) is 3.39. The molecule has 2 fully saturated rings. The summed E-state index contributed by atoms with van der Waals surface area (Å²) >= 11 is 0. The highest BCUT2D eigenvalue weighted by atomic mass is 19.3. The molecular formula is C29H34F2N8O2. The summed E-state index contributed by atoms with van der Waals surface area (Å²) in [4.78, 5) is 40.4. The van der Waals surface area contributed by atoms with Crippen LogP contribution >= 0.6 is 0 Å². The Morgan fingerprint density at radius 3 is 2.68 bits per heavy atom. The fraction of sp³-hybridized carbons (Fsp3) is 0.552. The molecule has 0 spiro atoms. The predicted molar refractivity (Wildman–Crippen MR) is 147 cm³/mol. The molecule has 0 radical (unpaired) electrons. The molecule has 5 heterocycles. The van der Waals surface area contributed by atoms with E-state index < -0.39 is 23.5 Å².